The molecule has 0 aliphatic heterocycles. The maximum Gasteiger partial charge on any atom is 0.274 e. The molecule has 26 heavy (non-hydrogen) atoms. The zero-order valence-corrected chi connectivity index (χ0v) is 16.1. The molecule has 0 aliphatic rings. The molecule has 136 valence electrons. The van der Waals surface area contributed by atoms with E-state index < -0.39 is 0 Å². The van der Waals surface area contributed by atoms with Gasteiger partial charge in [-0.05, 0) is 58.0 Å². The van der Waals surface area contributed by atoms with E-state index in [1.165, 1.54) is 0 Å². The SMILES string of the molecule is CC(C)N(C(=O)c1cc(-c2ccco2)n(-c2cccc(Cl)c2)n1)C(C)C. The van der Waals surface area contributed by atoms with Crippen LogP contribution in [0, 0.1) is 0 Å². The Morgan fingerprint density at radius 2 is 1.85 bits per heavy atom. The Bertz CT molecular complexity index is 890. The minimum Gasteiger partial charge on any atom is -0.463 e. The summed E-state index contributed by atoms with van der Waals surface area (Å²) in [6, 6.07) is 12.9. The van der Waals surface area contributed by atoms with Crippen molar-refractivity contribution in [2.24, 2.45) is 0 Å². The maximum absolute atomic E-state index is 13.1. The van der Waals surface area contributed by atoms with Crippen molar-refractivity contribution in [2.45, 2.75) is 39.8 Å². The highest BCUT2D eigenvalue weighted by atomic mass is 35.5. The second-order valence-corrected chi connectivity index (χ2v) is 7.12. The van der Waals surface area contributed by atoms with Crippen LogP contribution in [0.3, 0.4) is 0 Å². The van der Waals surface area contributed by atoms with Gasteiger partial charge in [-0.2, -0.15) is 5.10 Å². The second kappa shape index (κ2) is 7.38. The molecule has 0 radical (unpaired) electrons. The van der Waals surface area contributed by atoms with Gasteiger partial charge in [-0.1, -0.05) is 17.7 Å². The van der Waals surface area contributed by atoms with E-state index in [2.05, 4.69) is 5.10 Å². The van der Waals surface area contributed by atoms with Crippen LogP contribution in [0.15, 0.2) is 53.1 Å². The number of aromatic nitrogens is 2. The van der Waals surface area contributed by atoms with E-state index in [0.29, 0.717) is 22.2 Å². The number of amides is 1. The molecular formula is C20H22ClN3O2. The first-order valence-corrected chi connectivity index (χ1v) is 8.99. The molecule has 0 bridgehead atoms. The molecule has 1 amide bonds. The van der Waals surface area contributed by atoms with Crippen molar-refractivity contribution in [1.29, 1.82) is 0 Å². The van der Waals surface area contributed by atoms with Gasteiger partial charge in [-0.15, -0.1) is 0 Å². The smallest absolute Gasteiger partial charge is 0.274 e. The number of carbonyl (C=O) groups is 1. The molecule has 0 saturated carbocycles. The van der Waals surface area contributed by atoms with Crippen LogP contribution in [0.4, 0.5) is 0 Å². The molecule has 0 saturated heterocycles. The molecule has 0 atom stereocenters. The fraction of sp³-hybridized carbons (Fsp3) is 0.300. The highest BCUT2D eigenvalue weighted by Gasteiger charge is 2.26. The van der Waals surface area contributed by atoms with Gasteiger partial charge in [0.05, 0.1) is 12.0 Å². The van der Waals surface area contributed by atoms with Gasteiger partial charge in [0.25, 0.3) is 5.91 Å². The predicted molar refractivity (Wildman–Crippen MR) is 103 cm³/mol. The van der Waals surface area contributed by atoms with Crippen LogP contribution in [0.5, 0.6) is 0 Å². The summed E-state index contributed by atoms with van der Waals surface area (Å²) in [5.41, 5.74) is 1.84. The molecule has 0 unspecified atom stereocenters. The quantitative estimate of drug-likeness (QED) is 0.631. The lowest BCUT2D eigenvalue weighted by Gasteiger charge is -2.29. The molecule has 3 aromatic rings. The number of furan rings is 1. The summed E-state index contributed by atoms with van der Waals surface area (Å²) in [5, 5.41) is 5.17. The van der Waals surface area contributed by atoms with E-state index in [-0.39, 0.29) is 18.0 Å². The van der Waals surface area contributed by atoms with Crippen molar-refractivity contribution in [3.8, 4) is 17.1 Å². The van der Waals surface area contributed by atoms with Crippen LogP contribution >= 0.6 is 11.6 Å². The van der Waals surface area contributed by atoms with Crippen LogP contribution in [-0.2, 0) is 0 Å². The summed E-state index contributed by atoms with van der Waals surface area (Å²) >= 11 is 6.14. The van der Waals surface area contributed by atoms with E-state index in [9.17, 15) is 4.79 Å². The Hall–Kier alpha value is -2.53. The van der Waals surface area contributed by atoms with Gasteiger partial charge in [0, 0.05) is 23.2 Å². The second-order valence-electron chi connectivity index (χ2n) is 6.68. The van der Waals surface area contributed by atoms with Gasteiger partial charge in [0.1, 0.15) is 5.69 Å². The van der Waals surface area contributed by atoms with Gasteiger partial charge in [0.2, 0.25) is 0 Å². The normalized spacial score (nSPS) is 11.3. The maximum atomic E-state index is 13.1. The van der Waals surface area contributed by atoms with Crippen LogP contribution in [0.2, 0.25) is 5.02 Å². The molecule has 2 heterocycles. The molecule has 3 rings (SSSR count). The Labute approximate surface area is 158 Å². The number of hydrogen-bond acceptors (Lipinski definition) is 3. The van der Waals surface area contributed by atoms with Crippen molar-refractivity contribution in [3.63, 3.8) is 0 Å². The number of rotatable bonds is 5. The van der Waals surface area contributed by atoms with Gasteiger partial charge < -0.3 is 9.32 Å². The lowest BCUT2D eigenvalue weighted by molar-refractivity contribution is 0.0637. The zero-order chi connectivity index (χ0) is 18.8. The van der Waals surface area contributed by atoms with Crippen LogP contribution in [0.1, 0.15) is 38.2 Å². The van der Waals surface area contributed by atoms with E-state index in [1.54, 1.807) is 35.2 Å². The zero-order valence-electron chi connectivity index (χ0n) is 15.3. The Kier molecular flexibility index (Phi) is 5.18. The van der Waals surface area contributed by atoms with Crippen molar-refractivity contribution < 1.29 is 9.21 Å². The molecule has 0 spiro atoms. The first-order chi connectivity index (χ1) is 12.4. The summed E-state index contributed by atoms with van der Waals surface area (Å²) in [6.45, 7) is 8.00. The number of hydrogen-bond donors (Lipinski definition) is 0. The molecule has 5 nitrogen and oxygen atoms in total. The first-order valence-electron chi connectivity index (χ1n) is 8.61. The highest BCUT2D eigenvalue weighted by molar-refractivity contribution is 6.30. The molecule has 0 fully saturated rings. The van der Waals surface area contributed by atoms with Crippen molar-refractivity contribution in [3.05, 3.63) is 59.4 Å². The number of halogens is 1. The summed E-state index contributed by atoms with van der Waals surface area (Å²) in [5.74, 6) is 0.528. The average molecular weight is 372 g/mol. The van der Waals surface area contributed by atoms with Gasteiger partial charge in [-0.3, -0.25) is 4.79 Å². The first kappa shape index (κ1) is 18.3. The minimum absolute atomic E-state index is 0.0749. The lowest BCUT2D eigenvalue weighted by atomic mass is 10.2. The highest BCUT2D eigenvalue weighted by Crippen LogP contribution is 2.26. The van der Waals surface area contributed by atoms with Crippen LogP contribution in [-0.4, -0.2) is 32.7 Å². The fourth-order valence-corrected chi connectivity index (χ4v) is 3.27. The number of benzene rings is 1. The van der Waals surface area contributed by atoms with Gasteiger partial charge in [-0.25, -0.2) is 4.68 Å². The third-order valence-corrected chi connectivity index (χ3v) is 4.34. The van der Waals surface area contributed by atoms with Crippen molar-refractivity contribution in [2.75, 3.05) is 0 Å². The van der Waals surface area contributed by atoms with Crippen molar-refractivity contribution >= 4 is 17.5 Å². The topological polar surface area (TPSA) is 51.3 Å². The lowest BCUT2D eigenvalue weighted by Crippen LogP contribution is -2.42. The molecule has 6 heteroatoms. The third kappa shape index (κ3) is 3.53. The van der Waals surface area contributed by atoms with E-state index in [4.69, 9.17) is 16.0 Å². The third-order valence-electron chi connectivity index (χ3n) is 4.10. The standard InChI is InChI=1S/C20H22ClN3O2/c1-13(2)23(14(3)4)20(25)17-12-18(19-9-6-10-26-19)24(22-17)16-8-5-7-15(21)11-16/h5-14H,1-4H3. The largest absolute Gasteiger partial charge is 0.463 e. The molecule has 2 aromatic heterocycles. The predicted octanol–water partition coefficient (Wildman–Crippen LogP) is 5.04. The average Bonchev–Trinajstić information content (AvgIpc) is 3.23. The van der Waals surface area contributed by atoms with E-state index in [0.717, 1.165) is 5.69 Å². The number of carbonyl (C=O) groups excluding carboxylic acids is 1. The molecule has 1 aromatic carbocycles. The molecular weight excluding hydrogens is 350 g/mol. The summed E-state index contributed by atoms with van der Waals surface area (Å²) in [7, 11) is 0. The van der Waals surface area contributed by atoms with E-state index in [1.807, 2.05) is 50.8 Å². The Balaban J connectivity index is 2.12. The van der Waals surface area contributed by atoms with E-state index >= 15 is 0 Å². The fourth-order valence-electron chi connectivity index (χ4n) is 3.09. The summed E-state index contributed by atoms with van der Waals surface area (Å²) < 4.78 is 7.23. The molecule has 0 aliphatic carbocycles. The monoisotopic (exact) mass is 371 g/mol. The van der Waals surface area contributed by atoms with Crippen LogP contribution < -0.4 is 0 Å². The summed E-state index contributed by atoms with van der Waals surface area (Å²) in [6.07, 6.45) is 1.60. The number of nitrogens with zero attached hydrogens (tertiary/aromatic N) is 3. The minimum atomic E-state index is -0.108. The van der Waals surface area contributed by atoms with Crippen molar-refractivity contribution in [1.82, 2.24) is 14.7 Å². The van der Waals surface area contributed by atoms with Gasteiger partial charge in [0.15, 0.2) is 11.5 Å². The Morgan fingerprint density at radius 3 is 2.42 bits per heavy atom. The Morgan fingerprint density at radius 1 is 1.12 bits per heavy atom. The van der Waals surface area contributed by atoms with Gasteiger partial charge >= 0.3 is 0 Å². The molecule has 0 N–H and O–H groups in total. The summed E-state index contributed by atoms with van der Waals surface area (Å²) in [4.78, 5) is 14.9. The van der Waals surface area contributed by atoms with Crippen LogP contribution in [0.25, 0.3) is 17.1 Å².